The Balaban J connectivity index is 2.33. The molecule has 1 aliphatic rings. The number of carboxylic acid groups (broad SMARTS) is 1. The predicted molar refractivity (Wildman–Crippen MR) is 120 cm³/mol. The van der Waals surface area contributed by atoms with E-state index in [0.29, 0.717) is 12.8 Å². The second-order valence-electron chi connectivity index (χ2n) is 8.52. The van der Waals surface area contributed by atoms with Crippen LogP contribution in [0.25, 0.3) is 0 Å². The van der Waals surface area contributed by atoms with Crippen LogP contribution in [0.2, 0.25) is 0 Å². The van der Waals surface area contributed by atoms with Crippen LogP contribution in [0.5, 0.6) is 0 Å². The molecular weight excluding hydrogens is 432 g/mol. The Morgan fingerprint density at radius 3 is 2.27 bits per heavy atom. The molecule has 0 aromatic rings. The van der Waals surface area contributed by atoms with E-state index in [1.54, 1.807) is 6.92 Å². The number of unbranched alkanes of at least 4 members (excludes halogenated alkanes) is 4. The largest absolute Gasteiger partial charge is 0.481 e. The quantitative estimate of drug-likeness (QED) is 0.190. The van der Waals surface area contributed by atoms with Crippen molar-refractivity contribution in [3.8, 4) is 0 Å². The summed E-state index contributed by atoms with van der Waals surface area (Å²) in [6.45, 7) is 5.11. The fraction of sp³-hybridized carbons (Fsp3) is 0.773. The second-order valence-corrected chi connectivity index (χ2v) is 8.52. The fourth-order valence-electron chi connectivity index (χ4n) is 3.21. The SMILES string of the molecule is CCCCCCCC(=O)N[C@@H]1C[C@H]1O[C@H](C)C(=O)N[C@@H](C)C(=O)N[C@H](CCC(=O)O)C(N)=O. The van der Waals surface area contributed by atoms with Crippen LogP contribution >= 0.6 is 0 Å². The molecule has 1 fully saturated rings. The molecule has 33 heavy (non-hydrogen) atoms. The molecule has 11 nitrogen and oxygen atoms in total. The topological polar surface area (TPSA) is 177 Å². The lowest BCUT2D eigenvalue weighted by molar-refractivity contribution is -0.138. The van der Waals surface area contributed by atoms with E-state index in [0.717, 1.165) is 25.7 Å². The van der Waals surface area contributed by atoms with Gasteiger partial charge in [-0.3, -0.25) is 24.0 Å². The van der Waals surface area contributed by atoms with Gasteiger partial charge >= 0.3 is 5.97 Å². The van der Waals surface area contributed by atoms with Crippen LogP contribution in [-0.2, 0) is 28.7 Å². The van der Waals surface area contributed by atoms with Crippen molar-refractivity contribution in [2.24, 2.45) is 5.73 Å². The molecule has 0 spiro atoms. The van der Waals surface area contributed by atoms with E-state index in [2.05, 4.69) is 22.9 Å². The molecule has 4 amide bonds. The van der Waals surface area contributed by atoms with Gasteiger partial charge in [0.1, 0.15) is 18.2 Å². The maximum atomic E-state index is 12.3. The van der Waals surface area contributed by atoms with Gasteiger partial charge in [0.2, 0.25) is 23.6 Å². The fourth-order valence-corrected chi connectivity index (χ4v) is 3.21. The summed E-state index contributed by atoms with van der Waals surface area (Å²) in [7, 11) is 0. The van der Waals surface area contributed by atoms with Crippen molar-refractivity contribution >= 4 is 29.6 Å². The minimum atomic E-state index is -1.15. The van der Waals surface area contributed by atoms with E-state index >= 15 is 0 Å². The third-order valence-corrected chi connectivity index (χ3v) is 5.39. The number of carbonyl (C=O) groups excluding carboxylic acids is 4. The summed E-state index contributed by atoms with van der Waals surface area (Å²) in [5.74, 6) is -3.18. The third-order valence-electron chi connectivity index (χ3n) is 5.39. The molecule has 1 rings (SSSR count). The molecule has 5 atom stereocenters. The number of primary amides is 1. The maximum Gasteiger partial charge on any atom is 0.303 e. The normalized spacial score (nSPS) is 19.6. The van der Waals surface area contributed by atoms with Gasteiger partial charge in [-0.1, -0.05) is 32.6 Å². The molecule has 0 heterocycles. The van der Waals surface area contributed by atoms with E-state index in [9.17, 15) is 24.0 Å². The number of hydrogen-bond acceptors (Lipinski definition) is 6. The van der Waals surface area contributed by atoms with E-state index in [1.807, 2.05) is 0 Å². The lowest BCUT2D eigenvalue weighted by atomic mass is 10.1. The monoisotopic (exact) mass is 470 g/mol. The highest BCUT2D eigenvalue weighted by Crippen LogP contribution is 2.27. The summed E-state index contributed by atoms with van der Waals surface area (Å²) >= 11 is 0. The van der Waals surface area contributed by atoms with Gasteiger partial charge in [-0.25, -0.2) is 0 Å². The van der Waals surface area contributed by atoms with Crippen molar-refractivity contribution in [2.45, 2.75) is 109 Å². The molecule has 0 bridgehead atoms. The number of hydrogen-bond donors (Lipinski definition) is 5. The predicted octanol–water partition coefficient (Wildman–Crippen LogP) is 0.349. The number of ether oxygens (including phenoxy) is 1. The molecule has 6 N–H and O–H groups in total. The average Bonchev–Trinajstić information content (AvgIpc) is 3.46. The van der Waals surface area contributed by atoms with Crippen LogP contribution in [0.15, 0.2) is 0 Å². The average molecular weight is 471 g/mol. The van der Waals surface area contributed by atoms with Gasteiger partial charge in [-0.05, 0) is 33.1 Å². The standard InChI is InChI=1S/C22H38N4O7/c1-4-5-6-7-8-9-18(27)25-16-12-17(16)33-14(3)22(32)24-13(2)21(31)26-15(20(23)30)10-11-19(28)29/h13-17H,4-12H2,1-3H3,(H2,23,30)(H,24,32)(H,25,27)(H,26,31)(H,28,29)/t13-,14+,15+,16+,17+/m0/s1. The second kappa shape index (κ2) is 14.5. The van der Waals surface area contributed by atoms with Gasteiger partial charge in [0.05, 0.1) is 12.1 Å². The Hall–Kier alpha value is -2.69. The van der Waals surface area contributed by atoms with Crippen LogP contribution in [0.1, 0.15) is 78.6 Å². The number of carboxylic acids is 1. The first-order chi connectivity index (χ1) is 15.5. The number of nitrogens with one attached hydrogen (secondary N) is 3. The van der Waals surface area contributed by atoms with Gasteiger partial charge in [0, 0.05) is 12.8 Å². The van der Waals surface area contributed by atoms with Gasteiger partial charge in [-0.15, -0.1) is 0 Å². The Kier molecular flexibility index (Phi) is 12.4. The van der Waals surface area contributed by atoms with Gasteiger partial charge in [0.25, 0.3) is 0 Å². The van der Waals surface area contributed by atoms with E-state index < -0.39 is 41.9 Å². The smallest absolute Gasteiger partial charge is 0.303 e. The molecule has 0 aromatic carbocycles. The van der Waals surface area contributed by atoms with Crippen LogP contribution in [0.3, 0.4) is 0 Å². The van der Waals surface area contributed by atoms with Crippen LogP contribution in [0.4, 0.5) is 0 Å². The van der Waals surface area contributed by atoms with E-state index in [1.165, 1.54) is 13.3 Å². The summed E-state index contributed by atoms with van der Waals surface area (Å²) in [5, 5.41) is 16.5. The highest BCUT2D eigenvalue weighted by atomic mass is 16.5. The number of rotatable bonds is 17. The van der Waals surface area contributed by atoms with Crippen LogP contribution < -0.4 is 21.7 Å². The first-order valence-corrected chi connectivity index (χ1v) is 11.6. The summed E-state index contributed by atoms with van der Waals surface area (Å²) in [6, 6.07) is -2.25. The Morgan fingerprint density at radius 2 is 1.67 bits per heavy atom. The van der Waals surface area contributed by atoms with E-state index in [-0.39, 0.29) is 30.9 Å². The summed E-state index contributed by atoms with van der Waals surface area (Å²) in [5.41, 5.74) is 5.19. The van der Waals surface area contributed by atoms with Crippen molar-refractivity contribution in [3.05, 3.63) is 0 Å². The molecule has 1 aliphatic carbocycles. The zero-order valence-electron chi connectivity index (χ0n) is 19.7. The molecular formula is C22H38N4O7. The maximum absolute atomic E-state index is 12.3. The minimum Gasteiger partial charge on any atom is -0.481 e. The molecule has 188 valence electrons. The van der Waals surface area contributed by atoms with Crippen molar-refractivity contribution in [2.75, 3.05) is 0 Å². The number of amides is 4. The van der Waals surface area contributed by atoms with Crippen molar-refractivity contribution < 1.29 is 33.8 Å². The number of aliphatic carboxylic acids is 1. The molecule has 0 saturated heterocycles. The van der Waals surface area contributed by atoms with E-state index in [4.69, 9.17) is 15.6 Å². The van der Waals surface area contributed by atoms with Crippen LogP contribution in [0, 0.1) is 0 Å². The number of nitrogens with two attached hydrogens (primary N) is 1. The minimum absolute atomic E-state index is 0.0168. The lowest BCUT2D eigenvalue weighted by Gasteiger charge is -2.20. The molecule has 0 aromatic heterocycles. The van der Waals surface area contributed by atoms with Gasteiger partial charge < -0.3 is 31.5 Å². The molecule has 1 saturated carbocycles. The van der Waals surface area contributed by atoms with Gasteiger partial charge in [0.15, 0.2) is 0 Å². The zero-order chi connectivity index (χ0) is 25.0. The third kappa shape index (κ3) is 11.7. The van der Waals surface area contributed by atoms with Crippen molar-refractivity contribution in [3.63, 3.8) is 0 Å². The van der Waals surface area contributed by atoms with Crippen molar-refractivity contribution in [1.29, 1.82) is 0 Å². The number of carbonyl (C=O) groups is 5. The summed E-state index contributed by atoms with van der Waals surface area (Å²) in [6.07, 6.45) is 4.88. The van der Waals surface area contributed by atoms with Gasteiger partial charge in [-0.2, -0.15) is 0 Å². The Morgan fingerprint density at radius 1 is 1.00 bits per heavy atom. The lowest BCUT2D eigenvalue weighted by Crippen LogP contribution is -2.53. The first-order valence-electron chi connectivity index (χ1n) is 11.6. The Labute approximate surface area is 194 Å². The van der Waals surface area contributed by atoms with Crippen LogP contribution in [-0.4, -0.2) is 65.0 Å². The molecule has 0 aliphatic heterocycles. The summed E-state index contributed by atoms with van der Waals surface area (Å²) < 4.78 is 5.66. The Bertz CT molecular complexity index is 700. The summed E-state index contributed by atoms with van der Waals surface area (Å²) in [4.78, 5) is 58.6. The molecule has 0 radical (unpaired) electrons. The first kappa shape index (κ1) is 28.3. The highest BCUT2D eigenvalue weighted by Gasteiger charge is 2.41. The zero-order valence-corrected chi connectivity index (χ0v) is 19.7. The molecule has 11 heteroatoms. The highest BCUT2D eigenvalue weighted by molar-refractivity contribution is 5.92. The van der Waals surface area contributed by atoms with Crippen molar-refractivity contribution in [1.82, 2.24) is 16.0 Å². The molecule has 0 unspecified atom stereocenters.